The zero-order valence-electron chi connectivity index (χ0n) is 11.8. The highest BCUT2D eigenvalue weighted by Gasteiger charge is 2.19. The zero-order chi connectivity index (χ0) is 12.6. The summed E-state index contributed by atoms with van der Waals surface area (Å²) in [6, 6.07) is 0.850. The average molecular weight is 243 g/mol. The predicted molar refractivity (Wildman–Crippen MR) is 71.4 cm³/mol. The molecule has 0 heterocycles. The Hall–Kier alpha value is -0.120. The van der Waals surface area contributed by atoms with Gasteiger partial charge in [0, 0.05) is 26.4 Å². The van der Waals surface area contributed by atoms with Crippen molar-refractivity contribution in [2.45, 2.75) is 64.0 Å². The van der Waals surface area contributed by atoms with Gasteiger partial charge in [0.25, 0.3) is 0 Å². The number of ether oxygens (including phenoxy) is 2. The molecule has 0 bridgehead atoms. The Kier molecular flexibility index (Phi) is 7.09. The Labute approximate surface area is 106 Å². The van der Waals surface area contributed by atoms with Crippen molar-refractivity contribution < 1.29 is 9.47 Å². The third-order valence-electron chi connectivity index (χ3n) is 3.38. The Morgan fingerprint density at radius 2 is 1.88 bits per heavy atom. The van der Waals surface area contributed by atoms with Crippen molar-refractivity contribution >= 4 is 0 Å². The van der Waals surface area contributed by atoms with Gasteiger partial charge in [-0.25, -0.2) is 0 Å². The van der Waals surface area contributed by atoms with E-state index in [1.54, 1.807) is 7.11 Å². The Balaban J connectivity index is 1.74. The van der Waals surface area contributed by atoms with Gasteiger partial charge in [-0.2, -0.15) is 0 Å². The van der Waals surface area contributed by atoms with E-state index in [9.17, 15) is 0 Å². The van der Waals surface area contributed by atoms with Gasteiger partial charge in [0.05, 0.1) is 5.60 Å². The number of nitrogens with one attached hydrogen (secondary N) is 1. The number of hydrogen-bond donors (Lipinski definition) is 1. The van der Waals surface area contributed by atoms with Crippen LogP contribution in [0.3, 0.4) is 0 Å². The van der Waals surface area contributed by atoms with Crippen molar-refractivity contribution in [3.05, 3.63) is 0 Å². The van der Waals surface area contributed by atoms with Crippen molar-refractivity contribution in [3.63, 3.8) is 0 Å². The Bertz CT molecular complexity index is 191. The van der Waals surface area contributed by atoms with Crippen LogP contribution in [0.4, 0.5) is 0 Å². The fourth-order valence-corrected chi connectivity index (χ4v) is 1.62. The van der Waals surface area contributed by atoms with E-state index < -0.39 is 0 Å². The summed E-state index contributed by atoms with van der Waals surface area (Å²) in [6.07, 6.45) is 7.47. The third-order valence-corrected chi connectivity index (χ3v) is 3.38. The maximum Gasteiger partial charge on any atom is 0.0644 e. The summed E-state index contributed by atoms with van der Waals surface area (Å²) < 4.78 is 10.9. The van der Waals surface area contributed by atoms with Crippen molar-refractivity contribution in [1.82, 2.24) is 5.32 Å². The summed E-state index contributed by atoms with van der Waals surface area (Å²) in [5.74, 6) is 0. The molecule has 0 atom stereocenters. The smallest absolute Gasteiger partial charge is 0.0644 e. The van der Waals surface area contributed by atoms with E-state index >= 15 is 0 Å². The molecule has 0 aromatic heterocycles. The maximum absolute atomic E-state index is 5.61. The summed E-state index contributed by atoms with van der Waals surface area (Å²) in [5, 5.41) is 3.53. The molecule has 0 radical (unpaired) electrons. The fourth-order valence-electron chi connectivity index (χ4n) is 1.62. The Morgan fingerprint density at radius 3 is 2.53 bits per heavy atom. The van der Waals surface area contributed by atoms with E-state index in [1.165, 1.54) is 38.6 Å². The standard InChI is InChI=1S/C14H29NO2/c1-14(2,16-3)9-12-17-11-6-4-5-10-15-13-7-8-13/h13,15H,4-12H2,1-3H3. The minimum absolute atomic E-state index is 0.0474. The molecule has 0 spiro atoms. The van der Waals surface area contributed by atoms with E-state index in [-0.39, 0.29) is 5.60 Å². The topological polar surface area (TPSA) is 30.5 Å². The quantitative estimate of drug-likeness (QED) is 0.566. The van der Waals surface area contributed by atoms with Crippen molar-refractivity contribution in [2.24, 2.45) is 0 Å². The molecule has 0 saturated heterocycles. The lowest BCUT2D eigenvalue weighted by Crippen LogP contribution is -2.24. The number of methoxy groups -OCH3 is 1. The lowest BCUT2D eigenvalue weighted by atomic mass is 10.1. The van der Waals surface area contributed by atoms with Gasteiger partial charge >= 0.3 is 0 Å². The summed E-state index contributed by atoms with van der Waals surface area (Å²) in [6.45, 7) is 7.07. The third kappa shape index (κ3) is 8.58. The summed E-state index contributed by atoms with van der Waals surface area (Å²) >= 11 is 0. The molecule has 0 unspecified atom stereocenters. The lowest BCUT2D eigenvalue weighted by molar-refractivity contribution is -0.0101. The molecule has 1 aliphatic rings. The van der Waals surface area contributed by atoms with Gasteiger partial charge in [-0.1, -0.05) is 0 Å². The zero-order valence-corrected chi connectivity index (χ0v) is 11.8. The molecule has 3 nitrogen and oxygen atoms in total. The molecule has 0 aliphatic heterocycles. The molecule has 1 rings (SSSR count). The molecule has 17 heavy (non-hydrogen) atoms. The molecular formula is C14H29NO2. The maximum atomic E-state index is 5.61. The van der Waals surface area contributed by atoms with Crippen LogP contribution in [0.5, 0.6) is 0 Å². The van der Waals surface area contributed by atoms with E-state index in [0.717, 1.165) is 25.7 Å². The van der Waals surface area contributed by atoms with Crippen molar-refractivity contribution in [2.75, 3.05) is 26.9 Å². The first-order valence-electron chi connectivity index (χ1n) is 7.00. The van der Waals surface area contributed by atoms with Gasteiger partial charge in [0.15, 0.2) is 0 Å². The monoisotopic (exact) mass is 243 g/mol. The minimum Gasteiger partial charge on any atom is -0.381 e. The summed E-state index contributed by atoms with van der Waals surface area (Å²) in [4.78, 5) is 0. The number of rotatable bonds is 11. The van der Waals surface area contributed by atoms with Crippen LogP contribution in [0.2, 0.25) is 0 Å². The second-order valence-corrected chi connectivity index (χ2v) is 5.62. The van der Waals surface area contributed by atoms with Crippen molar-refractivity contribution in [1.29, 1.82) is 0 Å². The van der Waals surface area contributed by atoms with Gasteiger partial charge in [0.1, 0.15) is 0 Å². The Morgan fingerprint density at radius 1 is 1.12 bits per heavy atom. The van der Waals surface area contributed by atoms with Gasteiger partial charge in [0.2, 0.25) is 0 Å². The molecule has 1 N–H and O–H groups in total. The molecule has 1 aliphatic carbocycles. The van der Waals surface area contributed by atoms with Crippen LogP contribution in [0.25, 0.3) is 0 Å². The van der Waals surface area contributed by atoms with Gasteiger partial charge < -0.3 is 14.8 Å². The van der Waals surface area contributed by atoms with Crippen LogP contribution >= 0.6 is 0 Å². The predicted octanol–water partition coefficient (Wildman–Crippen LogP) is 2.74. The van der Waals surface area contributed by atoms with E-state index in [2.05, 4.69) is 19.2 Å². The first kappa shape index (κ1) is 14.9. The SMILES string of the molecule is COC(C)(C)CCOCCCCCNC1CC1. The van der Waals surface area contributed by atoms with Gasteiger partial charge in [-0.3, -0.25) is 0 Å². The minimum atomic E-state index is -0.0474. The molecule has 0 aromatic rings. The highest BCUT2D eigenvalue weighted by atomic mass is 16.5. The second-order valence-electron chi connectivity index (χ2n) is 5.62. The average Bonchev–Trinajstić information content (AvgIpc) is 3.11. The molecular weight excluding hydrogens is 214 g/mol. The van der Waals surface area contributed by atoms with E-state index in [0.29, 0.717) is 0 Å². The number of hydrogen-bond acceptors (Lipinski definition) is 3. The van der Waals surface area contributed by atoms with Gasteiger partial charge in [-0.15, -0.1) is 0 Å². The van der Waals surface area contributed by atoms with E-state index in [4.69, 9.17) is 9.47 Å². The van der Waals surface area contributed by atoms with E-state index in [1.807, 2.05) is 0 Å². The first-order chi connectivity index (χ1) is 8.14. The van der Waals surface area contributed by atoms with Crippen LogP contribution in [0.1, 0.15) is 52.4 Å². The normalized spacial score (nSPS) is 16.4. The van der Waals surface area contributed by atoms with Crippen LogP contribution in [-0.4, -0.2) is 38.5 Å². The van der Waals surface area contributed by atoms with Crippen LogP contribution in [0.15, 0.2) is 0 Å². The molecule has 1 fully saturated rings. The van der Waals surface area contributed by atoms with Crippen LogP contribution < -0.4 is 5.32 Å². The second kappa shape index (κ2) is 8.06. The molecule has 102 valence electrons. The molecule has 3 heteroatoms. The lowest BCUT2D eigenvalue weighted by Gasteiger charge is -2.22. The highest BCUT2D eigenvalue weighted by molar-refractivity contribution is 4.80. The summed E-state index contributed by atoms with van der Waals surface area (Å²) in [5.41, 5.74) is -0.0474. The fraction of sp³-hybridized carbons (Fsp3) is 1.00. The van der Waals surface area contributed by atoms with Crippen LogP contribution in [0, 0.1) is 0 Å². The first-order valence-corrected chi connectivity index (χ1v) is 7.00. The number of unbranched alkanes of at least 4 members (excludes halogenated alkanes) is 2. The largest absolute Gasteiger partial charge is 0.381 e. The van der Waals surface area contributed by atoms with Crippen LogP contribution in [-0.2, 0) is 9.47 Å². The molecule has 0 amide bonds. The molecule has 1 saturated carbocycles. The van der Waals surface area contributed by atoms with Crippen molar-refractivity contribution in [3.8, 4) is 0 Å². The molecule has 0 aromatic carbocycles. The van der Waals surface area contributed by atoms with Gasteiger partial charge in [-0.05, 0) is 58.9 Å². The highest BCUT2D eigenvalue weighted by Crippen LogP contribution is 2.18. The summed E-state index contributed by atoms with van der Waals surface area (Å²) in [7, 11) is 1.76.